The number of hydrogen-bond acceptors (Lipinski definition) is 5. The summed E-state index contributed by atoms with van der Waals surface area (Å²) in [7, 11) is 0. The number of amides is 1. The molecule has 10 heteroatoms. The molecule has 37 heavy (non-hydrogen) atoms. The number of ether oxygens (including phenoxy) is 1. The number of nitrogens with two attached hydrogens (primary N) is 1. The molecule has 2 N–H and O–H groups in total. The summed E-state index contributed by atoms with van der Waals surface area (Å²) in [5.74, 6) is -0.0405. The third kappa shape index (κ3) is 5.24. The number of likely N-dealkylation sites (tertiary alicyclic amines) is 1. The molecule has 2 aliphatic rings. The molecule has 0 radical (unpaired) electrons. The number of imidazole rings is 1. The molecule has 7 nitrogen and oxygen atoms in total. The van der Waals surface area contributed by atoms with Crippen LogP contribution in [0.4, 0.5) is 13.2 Å². The average molecular weight is 512 g/mol. The van der Waals surface area contributed by atoms with E-state index < -0.39 is 11.7 Å². The smallest absolute Gasteiger partial charge is 0.398 e. The molecule has 1 aromatic carbocycles. The molecule has 0 unspecified atom stereocenters. The monoisotopic (exact) mass is 511 g/mol. The molecule has 4 heterocycles. The Labute approximate surface area is 212 Å². The zero-order valence-electron chi connectivity index (χ0n) is 20.5. The van der Waals surface area contributed by atoms with E-state index in [2.05, 4.69) is 4.98 Å². The number of aliphatic imine (C=N–C) groups is 1. The summed E-state index contributed by atoms with van der Waals surface area (Å²) >= 11 is 0. The van der Waals surface area contributed by atoms with Gasteiger partial charge in [0.25, 0.3) is 0 Å². The van der Waals surface area contributed by atoms with E-state index in [1.165, 1.54) is 13.0 Å². The first-order chi connectivity index (χ1) is 17.7. The van der Waals surface area contributed by atoms with Crippen molar-refractivity contribution in [2.45, 2.75) is 38.4 Å². The molecule has 194 valence electrons. The van der Waals surface area contributed by atoms with Crippen molar-refractivity contribution < 1.29 is 22.7 Å². The Kier molecular flexibility index (Phi) is 6.76. The molecular formula is C27H28F3N5O2. The molecule has 3 aromatic rings. The molecule has 2 saturated heterocycles. The van der Waals surface area contributed by atoms with Gasteiger partial charge in [0.1, 0.15) is 5.65 Å². The number of carbonyl (C=O) groups is 1. The lowest BCUT2D eigenvalue weighted by Gasteiger charge is -2.31. The minimum atomic E-state index is -4.45. The van der Waals surface area contributed by atoms with Crippen molar-refractivity contribution in [3.63, 3.8) is 0 Å². The zero-order chi connectivity index (χ0) is 26.2. The maximum Gasteiger partial charge on any atom is 0.416 e. The van der Waals surface area contributed by atoms with E-state index in [0.717, 1.165) is 36.3 Å². The van der Waals surface area contributed by atoms with Gasteiger partial charge >= 0.3 is 6.18 Å². The van der Waals surface area contributed by atoms with Crippen LogP contribution in [0.15, 0.2) is 59.4 Å². The van der Waals surface area contributed by atoms with Crippen LogP contribution in [0, 0.1) is 0 Å². The van der Waals surface area contributed by atoms with Gasteiger partial charge in [-0.2, -0.15) is 13.2 Å². The van der Waals surface area contributed by atoms with E-state index >= 15 is 0 Å². The van der Waals surface area contributed by atoms with Crippen LogP contribution in [0.3, 0.4) is 0 Å². The third-order valence-corrected chi connectivity index (χ3v) is 6.87. The first-order valence-electron chi connectivity index (χ1n) is 12.3. The standard InChI is InChI=1S/C27H28F3N5O2/c1-17(36)34-11-7-23(32-20-8-12-37-13-9-20)22(15-34)25(31)21-6-3-10-35-16-24(33-26(21)35)18-4-2-5-19(14-18)27(28,29)30/h2-6,10,14,16,20H,7-9,11-13,15,31H2,1H3. The molecule has 0 spiro atoms. The molecule has 2 aliphatic heterocycles. The van der Waals surface area contributed by atoms with Crippen LogP contribution in [-0.2, 0) is 15.7 Å². The first-order valence-corrected chi connectivity index (χ1v) is 12.3. The minimum absolute atomic E-state index is 0.0405. The summed E-state index contributed by atoms with van der Waals surface area (Å²) in [5, 5.41) is 0. The van der Waals surface area contributed by atoms with Crippen molar-refractivity contribution in [3.05, 3.63) is 65.5 Å². The first kappa shape index (κ1) is 25.0. The Morgan fingerprint density at radius 3 is 2.70 bits per heavy atom. The van der Waals surface area contributed by atoms with Gasteiger partial charge in [-0.1, -0.05) is 12.1 Å². The summed E-state index contributed by atoms with van der Waals surface area (Å²) in [4.78, 5) is 23.6. The number of fused-ring (bicyclic) bond motifs is 1. The summed E-state index contributed by atoms with van der Waals surface area (Å²) < 4.78 is 47.0. The molecule has 1 amide bonds. The predicted octanol–water partition coefficient (Wildman–Crippen LogP) is 4.56. The van der Waals surface area contributed by atoms with Crippen molar-refractivity contribution >= 4 is 23.0 Å². The largest absolute Gasteiger partial charge is 0.416 e. The topological polar surface area (TPSA) is 85.2 Å². The number of hydrogen-bond donors (Lipinski definition) is 1. The SMILES string of the molecule is CC(=O)N1CCC(=NC2CCOCC2)C(=C(N)c2cccn3cc(-c4cccc(C(F)(F)F)c4)nc23)C1. The Hall–Kier alpha value is -3.66. The molecule has 2 fully saturated rings. The van der Waals surface area contributed by atoms with Crippen molar-refractivity contribution in [1.82, 2.24) is 14.3 Å². The number of aromatic nitrogens is 2. The number of nitrogens with zero attached hydrogens (tertiary/aromatic N) is 4. The molecule has 0 atom stereocenters. The van der Waals surface area contributed by atoms with Crippen molar-refractivity contribution in [3.8, 4) is 11.3 Å². The van der Waals surface area contributed by atoms with Crippen molar-refractivity contribution in [2.75, 3.05) is 26.3 Å². The minimum Gasteiger partial charge on any atom is -0.398 e. The lowest BCUT2D eigenvalue weighted by molar-refractivity contribution is -0.137. The van der Waals surface area contributed by atoms with Gasteiger partial charge in [0.2, 0.25) is 5.91 Å². The normalized spacial score (nSPS) is 20.0. The van der Waals surface area contributed by atoms with E-state index in [9.17, 15) is 18.0 Å². The van der Waals surface area contributed by atoms with Crippen LogP contribution in [-0.4, -0.2) is 58.2 Å². The van der Waals surface area contributed by atoms with Gasteiger partial charge in [0.05, 0.1) is 17.3 Å². The summed E-state index contributed by atoms with van der Waals surface area (Å²) in [6, 6.07) is 8.89. The van der Waals surface area contributed by atoms with Crippen LogP contribution in [0.25, 0.3) is 22.6 Å². The van der Waals surface area contributed by atoms with Crippen LogP contribution in [0.2, 0.25) is 0 Å². The summed E-state index contributed by atoms with van der Waals surface area (Å²) in [6.45, 7) is 3.78. The number of alkyl halides is 3. The number of halogens is 3. The highest BCUT2D eigenvalue weighted by molar-refractivity contribution is 6.08. The predicted molar refractivity (Wildman–Crippen MR) is 135 cm³/mol. The quantitative estimate of drug-likeness (QED) is 0.559. The van der Waals surface area contributed by atoms with Crippen LogP contribution in [0.5, 0.6) is 0 Å². The van der Waals surface area contributed by atoms with Gasteiger partial charge in [-0.25, -0.2) is 4.98 Å². The Morgan fingerprint density at radius 2 is 1.97 bits per heavy atom. The van der Waals surface area contributed by atoms with E-state index in [4.69, 9.17) is 15.5 Å². The van der Waals surface area contributed by atoms with E-state index in [0.29, 0.717) is 60.9 Å². The van der Waals surface area contributed by atoms with Gasteiger partial charge in [-0.05, 0) is 37.1 Å². The van der Waals surface area contributed by atoms with Crippen molar-refractivity contribution in [2.24, 2.45) is 10.7 Å². The fraction of sp³-hybridized carbons (Fsp3) is 0.370. The lowest BCUT2D eigenvalue weighted by atomic mass is 9.96. The zero-order valence-corrected chi connectivity index (χ0v) is 20.5. The highest BCUT2D eigenvalue weighted by Gasteiger charge is 2.31. The van der Waals surface area contributed by atoms with Gasteiger partial charge in [-0.3, -0.25) is 9.79 Å². The maximum absolute atomic E-state index is 13.3. The van der Waals surface area contributed by atoms with Crippen LogP contribution < -0.4 is 5.73 Å². The number of pyridine rings is 1. The summed E-state index contributed by atoms with van der Waals surface area (Å²) in [6.07, 6.45) is 1.29. The van der Waals surface area contributed by atoms with Gasteiger partial charge in [-0.15, -0.1) is 0 Å². The second-order valence-electron chi connectivity index (χ2n) is 9.36. The fourth-order valence-corrected chi connectivity index (χ4v) is 4.82. The second-order valence-corrected chi connectivity index (χ2v) is 9.36. The number of rotatable bonds is 3. The molecule has 5 rings (SSSR count). The molecular weight excluding hydrogens is 483 g/mol. The Bertz CT molecular complexity index is 1390. The van der Waals surface area contributed by atoms with Gasteiger partial charge in [0, 0.05) is 80.2 Å². The Balaban J connectivity index is 1.58. The lowest BCUT2D eigenvalue weighted by Crippen LogP contribution is -2.40. The van der Waals surface area contributed by atoms with E-state index in [-0.39, 0.29) is 11.9 Å². The Morgan fingerprint density at radius 1 is 1.19 bits per heavy atom. The molecule has 2 aromatic heterocycles. The van der Waals surface area contributed by atoms with Crippen LogP contribution in [0.1, 0.15) is 37.3 Å². The van der Waals surface area contributed by atoms with Gasteiger partial charge < -0.3 is 19.8 Å². The maximum atomic E-state index is 13.3. The number of carbonyl (C=O) groups excluding carboxylic acids is 1. The number of benzene rings is 1. The highest BCUT2D eigenvalue weighted by atomic mass is 19.4. The average Bonchev–Trinajstić information content (AvgIpc) is 3.33. The second kappa shape index (κ2) is 10.0. The number of piperidine rings is 1. The highest BCUT2D eigenvalue weighted by Crippen LogP contribution is 2.33. The molecule has 0 aliphatic carbocycles. The van der Waals surface area contributed by atoms with Crippen LogP contribution >= 0.6 is 0 Å². The molecule has 0 bridgehead atoms. The van der Waals surface area contributed by atoms with E-state index in [1.807, 2.05) is 12.1 Å². The van der Waals surface area contributed by atoms with E-state index in [1.54, 1.807) is 27.8 Å². The summed E-state index contributed by atoms with van der Waals surface area (Å²) in [5.41, 5.74) is 10.1. The fourth-order valence-electron chi connectivity index (χ4n) is 4.82. The third-order valence-electron chi connectivity index (χ3n) is 6.87. The van der Waals surface area contributed by atoms with Gasteiger partial charge in [0.15, 0.2) is 0 Å². The molecule has 0 saturated carbocycles. The van der Waals surface area contributed by atoms with Crippen molar-refractivity contribution in [1.29, 1.82) is 0 Å².